The smallest absolute Gasteiger partial charge is 0.135 e. The second-order valence-electron chi connectivity index (χ2n) is 9.25. The summed E-state index contributed by atoms with van der Waals surface area (Å²) < 4.78 is 6.13. The fourth-order valence-corrected chi connectivity index (χ4v) is 5.42. The molecule has 2 fully saturated rings. The molecule has 1 aromatic carbocycles. The standard InChI is InChI=1S/C25H36ClN3O2/c1-19(2)28-12-9-20(10-13-28)29-15-14-27(17-21(29)11-16-30)18-22-7-8-25(31-22)23-5-3-4-6-24(23)26/h3-8,19-21,30H,9-18H2,1-2H3. The molecule has 0 radical (unpaired) electrons. The van der Waals surface area contributed by atoms with E-state index >= 15 is 0 Å². The van der Waals surface area contributed by atoms with Crippen LogP contribution in [0.4, 0.5) is 0 Å². The van der Waals surface area contributed by atoms with E-state index in [9.17, 15) is 5.11 Å². The summed E-state index contributed by atoms with van der Waals surface area (Å²) in [6.45, 7) is 11.1. The number of benzene rings is 1. The summed E-state index contributed by atoms with van der Waals surface area (Å²) in [4.78, 5) is 7.73. The van der Waals surface area contributed by atoms with Gasteiger partial charge in [-0.2, -0.15) is 0 Å². The molecule has 1 atom stereocenters. The van der Waals surface area contributed by atoms with E-state index in [0.29, 0.717) is 23.1 Å². The molecule has 2 aromatic rings. The zero-order valence-electron chi connectivity index (χ0n) is 18.8. The van der Waals surface area contributed by atoms with Gasteiger partial charge in [-0.05, 0) is 70.5 Å². The van der Waals surface area contributed by atoms with Crippen molar-refractivity contribution in [2.75, 3.05) is 39.3 Å². The maximum absolute atomic E-state index is 9.70. The number of piperazine rings is 1. The van der Waals surface area contributed by atoms with Gasteiger partial charge in [-0.3, -0.25) is 9.80 Å². The van der Waals surface area contributed by atoms with Crippen LogP contribution in [0.25, 0.3) is 11.3 Å². The minimum atomic E-state index is 0.247. The quantitative estimate of drug-likeness (QED) is 0.686. The zero-order valence-corrected chi connectivity index (χ0v) is 19.6. The van der Waals surface area contributed by atoms with E-state index < -0.39 is 0 Å². The van der Waals surface area contributed by atoms with Crippen molar-refractivity contribution < 1.29 is 9.52 Å². The summed E-state index contributed by atoms with van der Waals surface area (Å²) in [6, 6.07) is 13.6. The largest absolute Gasteiger partial charge is 0.460 e. The summed E-state index contributed by atoms with van der Waals surface area (Å²) in [7, 11) is 0. The van der Waals surface area contributed by atoms with Gasteiger partial charge in [0, 0.05) is 49.9 Å². The summed E-state index contributed by atoms with van der Waals surface area (Å²) in [5.41, 5.74) is 0.936. The van der Waals surface area contributed by atoms with Gasteiger partial charge >= 0.3 is 0 Å². The summed E-state index contributed by atoms with van der Waals surface area (Å²) in [6.07, 6.45) is 3.31. The predicted octanol–water partition coefficient (Wildman–Crippen LogP) is 4.34. The van der Waals surface area contributed by atoms with Crippen molar-refractivity contribution in [1.29, 1.82) is 0 Å². The van der Waals surface area contributed by atoms with Gasteiger partial charge in [0.15, 0.2) is 0 Å². The Labute approximate surface area is 191 Å². The molecule has 1 aromatic heterocycles. The summed E-state index contributed by atoms with van der Waals surface area (Å²) >= 11 is 6.33. The van der Waals surface area contributed by atoms with Crippen molar-refractivity contribution >= 4 is 11.6 Å². The van der Waals surface area contributed by atoms with Crippen LogP contribution in [-0.4, -0.2) is 77.3 Å². The third kappa shape index (κ3) is 5.52. The van der Waals surface area contributed by atoms with E-state index in [-0.39, 0.29) is 6.61 Å². The molecule has 1 unspecified atom stereocenters. The molecule has 1 N–H and O–H groups in total. The normalized spacial score (nSPS) is 22.4. The molecule has 4 rings (SSSR count). The van der Waals surface area contributed by atoms with Crippen molar-refractivity contribution in [3.8, 4) is 11.3 Å². The molecule has 170 valence electrons. The molecule has 0 amide bonds. The van der Waals surface area contributed by atoms with Gasteiger partial charge in [0.1, 0.15) is 11.5 Å². The number of furan rings is 1. The zero-order chi connectivity index (χ0) is 21.8. The van der Waals surface area contributed by atoms with Gasteiger partial charge < -0.3 is 14.4 Å². The van der Waals surface area contributed by atoms with Crippen molar-refractivity contribution in [2.24, 2.45) is 0 Å². The summed E-state index contributed by atoms with van der Waals surface area (Å²) in [5.74, 6) is 1.79. The lowest BCUT2D eigenvalue weighted by Gasteiger charge is -2.48. The van der Waals surface area contributed by atoms with Crippen LogP contribution >= 0.6 is 11.6 Å². The van der Waals surface area contributed by atoms with Crippen LogP contribution in [0.15, 0.2) is 40.8 Å². The minimum Gasteiger partial charge on any atom is -0.460 e. The fraction of sp³-hybridized carbons (Fsp3) is 0.600. The average Bonchev–Trinajstić information content (AvgIpc) is 3.23. The fourth-order valence-electron chi connectivity index (χ4n) is 5.19. The van der Waals surface area contributed by atoms with E-state index in [2.05, 4.69) is 34.6 Å². The van der Waals surface area contributed by atoms with Crippen molar-refractivity contribution in [3.05, 3.63) is 47.2 Å². The number of likely N-dealkylation sites (tertiary alicyclic amines) is 1. The maximum Gasteiger partial charge on any atom is 0.135 e. The number of nitrogens with zero attached hydrogens (tertiary/aromatic N) is 3. The van der Waals surface area contributed by atoms with Crippen LogP contribution in [0, 0.1) is 0 Å². The van der Waals surface area contributed by atoms with Gasteiger partial charge in [-0.25, -0.2) is 0 Å². The van der Waals surface area contributed by atoms with Gasteiger partial charge in [0.25, 0.3) is 0 Å². The Kier molecular flexibility index (Phi) is 7.72. The molecule has 3 heterocycles. The molecule has 6 heteroatoms. The summed E-state index contributed by atoms with van der Waals surface area (Å²) in [5, 5.41) is 10.4. The van der Waals surface area contributed by atoms with Crippen molar-refractivity contribution in [3.63, 3.8) is 0 Å². The highest BCUT2D eigenvalue weighted by Crippen LogP contribution is 2.30. The van der Waals surface area contributed by atoms with Crippen LogP contribution in [0.2, 0.25) is 5.02 Å². The predicted molar refractivity (Wildman–Crippen MR) is 126 cm³/mol. The van der Waals surface area contributed by atoms with Crippen LogP contribution < -0.4 is 0 Å². The van der Waals surface area contributed by atoms with E-state index in [1.807, 2.05) is 30.3 Å². The molecule has 2 aliphatic rings. The first-order valence-corrected chi connectivity index (χ1v) is 12.1. The molecule has 0 bridgehead atoms. The van der Waals surface area contributed by atoms with Gasteiger partial charge in [0.05, 0.1) is 11.6 Å². The van der Waals surface area contributed by atoms with E-state index in [1.54, 1.807) is 0 Å². The van der Waals surface area contributed by atoms with Crippen LogP contribution in [-0.2, 0) is 6.54 Å². The van der Waals surface area contributed by atoms with Crippen molar-refractivity contribution in [2.45, 2.75) is 57.8 Å². The van der Waals surface area contributed by atoms with Crippen LogP contribution in [0.3, 0.4) is 0 Å². The minimum absolute atomic E-state index is 0.247. The Morgan fingerprint density at radius 2 is 1.84 bits per heavy atom. The first kappa shape index (κ1) is 22.8. The topological polar surface area (TPSA) is 43.1 Å². The Balaban J connectivity index is 1.36. The Bertz CT molecular complexity index is 832. The molecule has 0 aliphatic carbocycles. The Morgan fingerprint density at radius 1 is 1.06 bits per heavy atom. The molecular weight excluding hydrogens is 410 g/mol. The monoisotopic (exact) mass is 445 g/mol. The molecule has 5 nitrogen and oxygen atoms in total. The first-order valence-electron chi connectivity index (χ1n) is 11.7. The van der Waals surface area contributed by atoms with Crippen molar-refractivity contribution in [1.82, 2.24) is 14.7 Å². The van der Waals surface area contributed by atoms with Gasteiger partial charge in [-0.1, -0.05) is 23.7 Å². The third-order valence-corrected chi connectivity index (χ3v) is 7.28. The first-order chi connectivity index (χ1) is 15.0. The Morgan fingerprint density at radius 3 is 2.55 bits per heavy atom. The number of halogens is 1. The van der Waals surface area contributed by atoms with E-state index in [1.165, 1.54) is 25.9 Å². The SMILES string of the molecule is CC(C)N1CCC(N2CCN(Cc3ccc(-c4ccccc4Cl)o3)CC2CCO)CC1. The van der Waals surface area contributed by atoms with E-state index in [4.69, 9.17) is 16.0 Å². The maximum atomic E-state index is 9.70. The average molecular weight is 446 g/mol. The lowest BCUT2D eigenvalue weighted by molar-refractivity contribution is -0.00156. The Hall–Kier alpha value is -1.37. The van der Waals surface area contributed by atoms with Gasteiger partial charge in [-0.15, -0.1) is 0 Å². The molecular formula is C25H36ClN3O2. The number of rotatable bonds is 7. The number of piperidine rings is 1. The lowest BCUT2D eigenvalue weighted by atomic mass is 9.97. The van der Waals surface area contributed by atoms with E-state index in [0.717, 1.165) is 49.7 Å². The van der Waals surface area contributed by atoms with Gasteiger partial charge in [0.2, 0.25) is 0 Å². The molecule has 2 saturated heterocycles. The highest BCUT2D eigenvalue weighted by molar-refractivity contribution is 6.33. The number of hydrogen-bond donors (Lipinski definition) is 1. The number of aliphatic hydroxyl groups is 1. The molecule has 31 heavy (non-hydrogen) atoms. The number of hydrogen-bond acceptors (Lipinski definition) is 5. The molecule has 0 spiro atoms. The third-order valence-electron chi connectivity index (χ3n) is 6.95. The molecule has 0 saturated carbocycles. The van der Waals surface area contributed by atoms with Crippen LogP contribution in [0.5, 0.6) is 0 Å². The highest BCUT2D eigenvalue weighted by atomic mass is 35.5. The highest BCUT2D eigenvalue weighted by Gasteiger charge is 2.34. The molecule has 2 aliphatic heterocycles. The number of aliphatic hydroxyl groups excluding tert-OH is 1. The van der Waals surface area contributed by atoms with Crippen LogP contribution in [0.1, 0.15) is 38.9 Å². The lowest BCUT2D eigenvalue weighted by Crippen LogP contribution is -2.58. The second-order valence-corrected chi connectivity index (χ2v) is 9.65. The second kappa shape index (κ2) is 10.5.